The van der Waals surface area contributed by atoms with Crippen molar-refractivity contribution in [3.05, 3.63) is 47.0 Å². The SMILES string of the molecule is C=C(C)C1CC[C@]2(CCNCCN3CCN(Cc4ccc(Cl)cc4)CC3)CC[C@]3(C)[C@H](CC[C@@H]4[C@@]5(C)CC[C@H](OC(=O)CC(C)(C)C(=O)O)C(C)(C)[C@@H]5CC[C@]43C)[C@@H]12. The number of rotatable bonds is 13. The third-order valence-corrected chi connectivity index (χ3v) is 19.1. The molecule has 0 radical (unpaired) electrons. The zero-order valence-corrected chi connectivity index (χ0v) is 38.3. The van der Waals surface area contributed by atoms with Crippen LogP contribution < -0.4 is 5.32 Å². The van der Waals surface area contributed by atoms with E-state index in [-0.39, 0.29) is 34.7 Å². The average Bonchev–Trinajstić information content (AvgIpc) is 3.54. The number of aliphatic carboxylic acids is 1. The highest BCUT2D eigenvalue weighted by Crippen LogP contribution is 2.78. The molecule has 0 spiro atoms. The molecule has 0 amide bonds. The van der Waals surface area contributed by atoms with Crippen LogP contribution in [0.15, 0.2) is 36.4 Å². The fourth-order valence-corrected chi connectivity index (χ4v) is 15.4. The van der Waals surface area contributed by atoms with E-state index >= 15 is 0 Å². The van der Waals surface area contributed by atoms with Gasteiger partial charge in [0.1, 0.15) is 6.10 Å². The number of fused-ring (bicyclic) bond motifs is 7. The summed E-state index contributed by atoms with van der Waals surface area (Å²) in [5.41, 5.74) is 2.66. The number of allylic oxidation sites excluding steroid dienone is 1. The van der Waals surface area contributed by atoms with Crippen LogP contribution in [0.2, 0.25) is 5.02 Å². The molecule has 0 aromatic heterocycles. The number of carboxylic acid groups (broad SMARTS) is 1. The fraction of sp³-hybridized carbons (Fsp3) is 0.800. The predicted molar refractivity (Wildman–Crippen MR) is 236 cm³/mol. The Hall–Kier alpha value is -1.93. The minimum atomic E-state index is -1.13. The molecule has 58 heavy (non-hydrogen) atoms. The third kappa shape index (κ3) is 7.87. The largest absolute Gasteiger partial charge is 0.481 e. The lowest BCUT2D eigenvalue weighted by Crippen LogP contribution is -2.66. The second kappa shape index (κ2) is 16.4. The van der Waals surface area contributed by atoms with Crippen LogP contribution in [0.25, 0.3) is 0 Å². The van der Waals surface area contributed by atoms with Crippen molar-refractivity contribution in [2.75, 3.05) is 45.8 Å². The van der Waals surface area contributed by atoms with E-state index in [1.807, 2.05) is 12.1 Å². The molecule has 1 aliphatic heterocycles. The zero-order chi connectivity index (χ0) is 41.9. The number of esters is 1. The van der Waals surface area contributed by atoms with Crippen molar-refractivity contribution in [1.82, 2.24) is 15.1 Å². The first kappa shape index (κ1) is 44.1. The number of hydrogen-bond donors (Lipinski definition) is 2. The molecule has 2 N–H and O–H groups in total. The highest BCUT2D eigenvalue weighted by molar-refractivity contribution is 6.30. The molecule has 5 aliphatic carbocycles. The molecule has 0 bridgehead atoms. The number of benzene rings is 1. The van der Waals surface area contributed by atoms with Gasteiger partial charge in [-0.05, 0) is 167 Å². The summed E-state index contributed by atoms with van der Waals surface area (Å²) in [5, 5.41) is 14.4. The van der Waals surface area contributed by atoms with Gasteiger partial charge in [0.05, 0.1) is 11.8 Å². The summed E-state index contributed by atoms with van der Waals surface area (Å²) in [6.45, 7) is 31.8. The maximum absolute atomic E-state index is 13.2. The third-order valence-electron chi connectivity index (χ3n) is 18.8. The number of ether oxygens (including phenoxy) is 1. The number of carbonyl (C=O) groups is 2. The summed E-state index contributed by atoms with van der Waals surface area (Å²) in [7, 11) is 0. The normalized spacial score (nSPS) is 38.8. The summed E-state index contributed by atoms with van der Waals surface area (Å²) >= 11 is 6.10. The molecule has 1 aromatic carbocycles. The van der Waals surface area contributed by atoms with Gasteiger partial charge in [-0.1, -0.05) is 70.5 Å². The van der Waals surface area contributed by atoms with Crippen molar-refractivity contribution in [2.45, 2.75) is 145 Å². The number of carboxylic acids is 1. The lowest BCUT2D eigenvalue weighted by atomic mass is 9.32. The first-order valence-corrected chi connectivity index (χ1v) is 23.6. The van der Waals surface area contributed by atoms with Gasteiger partial charge in [0, 0.05) is 56.3 Å². The minimum absolute atomic E-state index is 0.0915. The molecule has 6 fully saturated rings. The quantitative estimate of drug-likeness (QED) is 0.117. The molecule has 8 heteroatoms. The Labute approximate surface area is 356 Å². The molecule has 7 rings (SSSR count). The predicted octanol–water partition coefficient (Wildman–Crippen LogP) is 10.5. The smallest absolute Gasteiger partial charge is 0.309 e. The second-order valence-electron chi connectivity index (χ2n) is 22.5. The van der Waals surface area contributed by atoms with Crippen LogP contribution in [0.1, 0.15) is 138 Å². The van der Waals surface area contributed by atoms with E-state index in [4.69, 9.17) is 16.3 Å². The van der Waals surface area contributed by atoms with E-state index in [0.717, 1.165) is 82.1 Å². The highest BCUT2D eigenvalue weighted by atomic mass is 35.5. The van der Waals surface area contributed by atoms with Gasteiger partial charge in [-0.25, -0.2) is 0 Å². The second-order valence-corrected chi connectivity index (χ2v) is 22.9. The molecule has 1 heterocycles. The number of nitrogens with zero attached hydrogens (tertiary/aromatic N) is 2. The minimum Gasteiger partial charge on any atom is -0.481 e. The molecule has 1 unspecified atom stereocenters. The van der Waals surface area contributed by atoms with Crippen LogP contribution in [-0.2, 0) is 20.9 Å². The van der Waals surface area contributed by atoms with Crippen molar-refractivity contribution in [2.24, 2.45) is 62.1 Å². The summed E-state index contributed by atoms with van der Waals surface area (Å²) in [4.78, 5) is 30.1. The van der Waals surface area contributed by atoms with Crippen LogP contribution in [0.5, 0.6) is 0 Å². The lowest BCUT2D eigenvalue weighted by molar-refractivity contribution is -0.250. The molecule has 1 aromatic rings. The Morgan fingerprint density at radius 2 is 1.55 bits per heavy atom. The summed E-state index contributed by atoms with van der Waals surface area (Å²) < 4.78 is 6.23. The molecule has 324 valence electrons. The summed E-state index contributed by atoms with van der Waals surface area (Å²) in [5.74, 6) is 1.90. The molecule has 7 nitrogen and oxygen atoms in total. The van der Waals surface area contributed by atoms with E-state index in [1.165, 1.54) is 68.9 Å². The van der Waals surface area contributed by atoms with Crippen LogP contribution >= 0.6 is 11.6 Å². The van der Waals surface area contributed by atoms with E-state index in [2.05, 4.69) is 75.4 Å². The Kier molecular flexibility index (Phi) is 12.5. The van der Waals surface area contributed by atoms with Crippen LogP contribution in [0.4, 0.5) is 0 Å². The van der Waals surface area contributed by atoms with Gasteiger partial charge in [0.25, 0.3) is 0 Å². The Morgan fingerprint density at radius 3 is 2.22 bits per heavy atom. The van der Waals surface area contributed by atoms with Gasteiger partial charge >= 0.3 is 11.9 Å². The number of piperazine rings is 1. The van der Waals surface area contributed by atoms with E-state index < -0.39 is 11.4 Å². The van der Waals surface area contributed by atoms with Crippen LogP contribution in [0, 0.1) is 62.1 Å². The van der Waals surface area contributed by atoms with E-state index in [0.29, 0.717) is 28.6 Å². The van der Waals surface area contributed by atoms with Crippen molar-refractivity contribution < 1.29 is 19.4 Å². The highest BCUT2D eigenvalue weighted by Gasteiger charge is 2.71. The number of carbonyl (C=O) groups excluding carboxylic acids is 1. The van der Waals surface area contributed by atoms with Gasteiger partial charge in [0.2, 0.25) is 0 Å². The monoisotopic (exact) mass is 820 g/mol. The zero-order valence-electron chi connectivity index (χ0n) is 37.6. The standard InChI is InChI=1S/C50H78ClN3O4/c1-34(2)37-16-21-50(24-25-52-26-27-53-28-30-54(31-29-53)33-35-10-12-36(51)13-11-35)23-22-48(8)38(43(37)50)14-15-40-47(7)19-18-41(58-42(55)32-45(3,4)44(56)57)46(5,6)39(47)17-20-49(40,48)9/h10-13,37-41,43,52H,1,14-33H2,2-9H3,(H,56,57)/t37?,38-,39+,40-,41+,43-,47+,48-,49-,50-/m1/s1. The molecule has 6 aliphatic rings. The summed E-state index contributed by atoms with van der Waals surface area (Å²) in [6.07, 6.45) is 13.4. The maximum Gasteiger partial charge on any atom is 0.309 e. The van der Waals surface area contributed by atoms with Crippen molar-refractivity contribution in [3.63, 3.8) is 0 Å². The number of halogens is 1. The molecule has 10 atom stereocenters. The average molecular weight is 821 g/mol. The Balaban J connectivity index is 0.975. The van der Waals surface area contributed by atoms with Gasteiger partial charge in [-0.2, -0.15) is 0 Å². The van der Waals surface area contributed by atoms with Gasteiger partial charge in [-0.15, -0.1) is 0 Å². The van der Waals surface area contributed by atoms with Gasteiger partial charge in [-0.3, -0.25) is 19.4 Å². The van der Waals surface area contributed by atoms with Gasteiger partial charge in [0.15, 0.2) is 0 Å². The van der Waals surface area contributed by atoms with Gasteiger partial charge < -0.3 is 15.2 Å². The number of nitrogens with one attached hydrogen (secondary N) is 1. The lowest BCUT2D eigenvalue weighted by Gasteiger charge is -2.73. The summed E-state index contributed by atoms with van der Waals surface area (Å²) in [6, 6.07) is 8.31. The number of hydrogen-bond acceptors (Lipinski definition) is 6. The first-order valence-electron chi connectivity index (χ1n) is 23.2. The van der Waals surface area contributed by atoms with Crippen molar-refractivity contribution >= 4 is 23.5 Å². The topological polar surface area (TPSA) is 82.1 Å². The first-order chi connectivity index (χ1) is 27.3. The molecular weight excluding hydrogens is 742 g/mol. The Morgan fingerprint density at radius 1 is 0.862 bits per heavy atom. The molecule has 1 saturated heterocycles. The van der Waals surface area contributed by atoms with Crippen molar-refractivity contribution in [1.29, 1.82) is 0 Å². The Bertz CT molecular complexity index is 1670. The fourth-order valence-electron chi connectivity index (χ4n) is 15.3. The van der Waals surface area contributed by atoms with Crippen LogP contribution in [0.3, 0.4) is 0 Å². The molecule has 5 saturated carbocycles. The van der Waals surface area contributed by atoms with Crippen molar-refractivity contribution in [3.8, 4) is 0 Å². The van der Waals surface area contributed by atoms with E-state index in [1.54, 1.807) is 13.8 Å². The van der Waals surface area contributed by atoms with E-state index in [9.17, 15) is 14.7 Å². The molecular formula is C50H78ClN3O4. The van der Waals surface area contributed by atoms with Crippen LogP contribution in [-0.4, -0.2) is 78.8 Å². The maximum atomic E-state index is 13.2.